The second kappa shape index (κ2) is 8.02. The average Bonchev–Trinajstić information content (AvgIpc) is 3.10. The van der Waals surface area contributed by atoms with E-state index in [-0.39, 0.29) is 11.8 Å². The molecule has 1 heterocycles. The van der Waals surface area contributed by atoms with Gasteiger partial charge in [-0.2, -0.15) is 0 Å². The number of ketones is 1. The minimum absolute atomic E-state index is 0.133. The Morgan fingerprint density at radius 2 is 1.96 bits per heavy atom. The Balaban J connectivity index is 1.68. The van der Waals surface area contributed by atoms with E-state index >= 15 is 0 Å². The molecular formula is C22H25N2O2+. The Bertz CT molecular complexity index is 896. The number of hydrogen-bond donors (Lipinski definition) is 2. The van der Waals surface area contributed by atoms with Crippen LogP contribution < -0.4 is 9.64 Å². The summed E-state index contributed by atoms with van der Waals surface area (Å²) in [6.07, 6.45) is 3.55. The van der Waals surface area contributed by atoms with Crippen LogP contribution in [-0.4, -0.2) is 30.5 Å². The summed E-state index contributed by atoms with van der Waals surface area (Å²) in [5, 5.41) is 0.987. The van der Waals surface area contributed by atoms with Gasteiger partial charge >= 0.3 is 0 Å². The fourth-order valence-corrected chi connectivity index (χ4v) is 3.07. The minimum atomic E-state index is -0.133. The third kappa shape index (κ3) is 3.86. The van der Waals surface area contributed by atoms with Crippen LogP contribution in [0.1, 0.15) is 22.8 Å². The van der Waals surface area contributed by atoms with Gasteiger partial charge in [-0.3, -0.25) is 4.79 Å². The number of carbonyl (C=O) groups excluding carboxylic acids is 1. The zero-order valence-electron chi connectivity index (χ0n) is 15.3. The van der Waals surface area contributed by atoms with Gasteiger partial charge in [0.1, 0.15) is 24.9 Å². The van der Waals surface area contributed by atoms with E-state index in [4.69, 9.17) is 4.74 Å². The highest BCUT2D eigenvalue weighted by molar-refractivity contribution is 6.09. The predicted octanol–water partition coefficient (Wildman–Crippen LogP) is 3.02. The van der Waals surface area contributed by atoms with Gasteiger partial charge in [0.2, 0.25) is 5.78 Å². The summed E-state index contributed by atoms with van der Waals surface area (Å²) < 4.78 is 5.51. The molecule has 2 aromatic carbocycles. The van der Waals surface area contributed by atoms with Crippen molar-refractivity contribution in [2.45, 2.75) is 19.5 Å². The molecule has 1 aromatic heterocycles. The lowest BCUT2D eigenvalue weighted by Crippen LogP contribution is -3.12. The van der Waals surface area contributed by atoms with Crippen LogP contribution >= 0.6 is 0 Å². The van der Waals surface area contributed by atoms with Crippen LogP contribution in [0.3, 0.4) is 0 Å². The quantitative estimate of drug-likeness (QED) is 0.485. The van der Waals surface area contributed by atoms with Crippen molar-refractivity contribution in [1.82, 2.24) is 4.98 Å². The summed E-state index contributed by atoms with van der Waals surface area (Å²) in [5.41, 5.74) is 2.93. The van der Waals surface area contributed by atoms with Gasteiger partial charge in [0, 0.05) is 28.2 Å². The van der Waals surface area contributed by atoms with Crippen molar-refractivity contribution in [2.75, 3.05) is 13.7 Å². The van der Waals surface area contributed by atoms with Gasteiger partial charge < -0.3 is 14.6 Å². The second-order valence-corrected chi connectivity index (χ2v) is 6.60. The largest absolute Gasteiger partial charge is 0.490 e. The number of para-hydroxylation sites is 1. The van der Waals surface area contributed by atoms with Crippen molar-refractivity contribution < 1.29 is 14.4 Å². The Hall–Kier alpha value is -2.85. The van der Waals surface area contributed by atoms with E-state index in [9.17, 15) is 4.79 Å². The summed E-state index contributed by atoms with van der Waals surface area (Å²) >= 11 is 0. The molecular weight excluding hydrogens is 324 g/mol. The fourth-order valence-electron chi connectivity index (χ4n) is 3.07. The number of quaternary nitrogens is 1. The third-order valence-corrected chi connectivity index (χ3v) is 4.76. The lowest BCUT2D eigenvalue weighted by molar-refractivity contribution is -0.907. The van der Waals surface area contributed by atoms with Gasteiger partial charge in [-0.15, -0.1) is 0 Å². The molecule has 4 heteroatoms. The molecule has 0 saturated carbocycles. The van der Waals surface area contributed by atoms with Gasteiger partial charge in [0.15, 0.2) is 0 Å². The molecule has 26 heavy (non-hydrogen) atoms. The highest BCUT2D eigenvalue weighted by Crippen LogP contribution is 2.19. The highest BCUT2D eigenvalue weighted by atomic mass is 16.5. The van der Waals surface area contributed by atoms with E-state index in [1.165, 1.54) is 5.56 Å². The van der Waals surface area contributed by atoms with Crippen molar-refractivity contribution in [3.63, 3.8) is 0 Å². The van der Waals surface area contributed by atoms with E-state index in [1.54, 1.807) is 6.08 Å². The number of Topliss-reactive ketones (excluding diaryl/α,β-unsaturated/α-hetero) is 1. The number of rotatable bonds is 8. The van der Waals surface area contributed by atoms with Gasteiger partial charge in [-0.25, -0.2) is 0 Å². The molecule has 0 bridgehead atoms. The maximum atomic E-state index is 13.0. The minimum Gasteiger partial charge on any atom is -0.490 e. The van der Waals surface area contributed by atoms with Crippen LogP contribution in [0, 0.1) is 0 Å². The molecule has 0 spiro atoms. The topological polar surface area (TPSA) is 46.5 Å². The molecule has 0 aliphatic carbocycles. The van der Waals surface area contributed by atoms with Crippen LogP contribution in [0.4, 0.5) is 0 Å². The lowest BCUT2D eigenvalue weighted by Gasteiger charge is -2.20. The van der Waals surface area contributed by atoms with Crippen LogP contribution in [0.15, 0.2) is 67.4 Å². The Morgan fingerprint density at radius 3 is 2.69 bits per heavy atom. The first kappa shape index (κ1) is 18.0. The number of nitrogens with one attached hydrogen (secondary N) is 2. The van der Waals surface area contributed by atoms with Crippen molar-refractivity contribution in [3.8, 4) is 5.75 Å². The zero-order valence-corrected chi connectivity index (χ0v) is 15.3. The molecule has 2 atom stereocenters. The molecule has 2 N–H and O–H groups in total. The standard InChI is InChI=1S/C22H24N2O2/c1-4-13-26-18-11-9-17(10-12-18)15-24(3)16(2)22(25)20-14-23-21-8-6-5-7-19(20)21/h4-12,14,16,23H,1,13,15H2,2-3H3/p+1/t16-/m1/s1. The summed E-state index contributed by atoms with van der Waals surface area (Å²) in [4.78, 5) is 17.3. The first-order valence-electron chi connectivity index (χ1n) is 8.85. The normalized spacial score (nSPS) is 13.3. The summed E-state index contributed by atoms with van der Waals surface area (Å²) in [6, 6.07) is 15.8. The SMILES string of the molecule is C=CCOc1ccc(C[NH+](C)[C@H](C)C(=O)c2c[nH]c3ccccc23)cc1. The molecule has 0 aliphatic heterocycles. The van der Waals surface area contributed by atoms with Crippen LogP contribution in [0.5, 0.6) is 5.75 Å². The molecule has 0 aliphatic rings. The van der Waals surface area contributed by atoms with E-state index in [2.05, 4.69) is 18.6 Å². The van der Waals surface area contributed by atoms with E-state index in [0.717, 1.165) is 33.7 Å². The van der Waals surface area contributed by atoms with Crippen molar-refractivity contribution in [3.05, 3.63) is 78.5 Å². The first-order valence-corrected chi connectivity index (χ1v) is 8.85. The molecule has 3 rings (SSSR count). The van der Waals surface area contributed by atoms with Gasteiger partial charge in [-0.05, 0) is 37.3 Å². The summed E-state index contributed by atoms with van der Waals surface area (Å²) in [7, 11) is 2.06. The number of benzene rings is 2. The van der Waals surface area contributed by atoms with Gasteiger partial charge in [0.25, 0.3) is 0 Å². The van der Waals surface area contributed by atoms with E-state index in [0.29, 0.717) is 6.61 Å². The number of hydrogen-bond acceptors (Lipinski definition) is 2. The molecule has 4 nitrogen and oxygen atoms in total. The molecule has 3 aromatic rings. The molecule has 0 amide bonds. The third-order valence-electron chi connectivity index (χ3n) is 4.76. The Morgan fingerprint density at radius 1 is 1.23 bits per heavy atom. The fraction of sp³-hybridized carbons (Fsp3) is 0.227. The second-order valence-electron chi connectivity index (χ2n) is 6.60. The number of H-pyrrole nitrogens is 1. The molecule has 0 radical (unpaired) electrons. The number of aromatic amines is 1. The monoisotopic (exact) mass is 349 g/mol. The lowest BCUT2D eigenvalue weighted by atomic mass is 10.0. The van der Waals surface area contributed by atoms with Crippen LogP contribution in [0.25, 0.3) is 10.9 Å². The zero-order chi connectivity index (χ0) is 18.5. The van der Waals surface area contributed by atoms with E-state index < -0.39 is 0 Å². The number of aromatic nitrogens is 1. The first-order chi connectivity index (χ1) is 12.6. The molecule has 0 fully saturated rings. The van der Waals surface area contributed by atoms with E-state index in [1.807, 2.05) is 61.7 Å². The molecule has 0 saturated heterocycles. The number of likely N-dealkylation sites (N-methyl/N-ethyl adjacent to an activating group) is 1. The van der Waals surface area contributed by atoms with Crippen LogP contribution in [-0.2, 0) is 6.54 Å². The van der Waals surface area contributed by atoms with Crippen LogP contribution in [0.2, 0.25) is 0 Å². The number of carbonyl (C=O) groups is 1. The molecule has 134 valence electrons. The van der Waals surface area contributed by atoms with Gasteiger partial charge in [0.05, 0.1) is 7.05 Å². The highest BCUT2D eigenvalue weighted by Gasteiger charge is 2.25. The Labute approximate surface area is 154 Å². The predicted molar refractivity (Wildman–Crippen MR) is 105 cm³/mol. The summed E-state index contributed by atoms with van der Waals surface area (Å²) in [6.45, 7) is 6.91. The smallest absolute Gasteiger partial charge is 0.221 e. The van der Waals surface area contributed by atoms with Crippen molar-refractivity contribution in [1.29, 1.82) is 0 Å². The molecule has 1 unspecified atom stereocenters. The van der Waals surface area contributed by atoms with Crippen molar-refractivity contribution in [2.24, 2.45) is 0 Å². The number of ether oxygens (including phenoxy) is 1. The Kier molecular flexibility index (Phi) is 5.54. The maximum Gasteiger partial charge on any atom is 0.221 e. The average molecular weight is 349 g/mol. The van der Waals surface area contributed by atoms with Gasteiger partial charge in [-0.1, -0.05) is 30.9 Å². The van der Waals surface area contributed by atoms with Crippen molar-refractivity contribution >= 4 is 16.7 Å². The summed E-state index contributed by atoms with van der Waals surface area (Å²) in [5.74, 6) is 0.986. The number of fused-ring (bicyclic) bond motifs is 1. The maximum absolute atomic E-state index is 13.0.